The molecule has 6 atom stereocenters. The van der Waals surface area contributed by atoms with Gasteiger partial charge in [-0.05, 0) is 62.3 Å². The lowest BCUT2D eigenvalue weighted by atomic mass is 9.94. The molecule has 0 radical (unpaired) electrons. The number of hydrogen-bond donors (Lipinski definition) is 3. The highest BCUT2D eigenvalue weighted by Gasteiger charge is 2.57. The van der Waals surface area contributed by atoms with E-state index in [0.717, 1.165) is 4.90 Å². The third-order valence-electron chi connectivity index (χ3n) is 6.43. The summed E-state index contributed by atoms with van der Waals surface area (Å²) in [4.78, 5) is 61.9. The molecule has 1 aromatic rings. The molecule has 4 heterocycles. The highest BCUT2D eigenvalue weighted by molar-refractivity contribution is 7.53. The summed E-state index contributed by atoms with van der Waals surface area (Å²) in [7, 11) is -3.52. The number of aromatic amines is 1. The van der Waals surface area contributed by atoms with Gasteiger partial charge in [-0.25, -0.2) is 19.3 Å². The summed E-state index contributed by atoms with van der Waals surface area (Å²) in [5.41, 5.74) is -4.39. The molecule has 3 amide bonds. The quantitative estimate of drug-likeness (QED) is 0.306. The summed E-state index contributed by atoms with van der Waals surface area (Å²) < 4.78 is 46.5. The van der Waals surface area contributed by atoms with Crippen LogP contribution in [0.2, 0.25) is 0 Å². The van der Waals surface area contributed by atoms with Gasteiger partial charge in [-0.1, -0.05) is 6.92 Å². The predicted molar refractivity (Wildman–Crippen MR) is 160 cm³/mol. The summed E-state index contributed by atoms with van der Waals surface area (Å²) in [6.07, 6.45) is -8.32. The number of aromatic nitrogens is 2. The topological polar surface area (TPSA) is 208 Å². The molecule has 45 heavy (non-hydrogen) atoms. The smallest absolute Gasteiger partial charge is 0.427 e. The van der Waals surface area contributed by atoms with E-state index in [1.807, 2.05) is 0 Å². The first-order chi connectivity index (χ1) is 20.5. The zero-order valence-corrected chi connectivity index (χ0v) is 27.9. The fourth-order valence-corrected chi connectivity index (χ4v) is 6.05. The maximum Gasteiger partial charge on any atom is 0.427 e. The molecule has 252 valence electrons. The molecule has 4 rings (SSSR count). The Morgan fingerprint density at radius 3 is 2.09 bits per heavy atom. The zero-order valence-electron chi connectivity index (χ0n) is 27.0. The standard InChI is InChI=1S/C27H42N5O12P/c1-11-45(38)39-12-13-17(44-45)16(33)14-20(40-13)31(22(35)41-25(2,3)4)18-15(28-14)19(34)30-21(29-18)32(23(36)42-26(5,6)7)24(37)43-27(8,9)10/h13-14,16-17,20,28,33H,11-12H2,1-10H3,(H,29,30,34). The van der Waals surface area contributed by atoms with Crippen LogP contribution >= 0.6 is 7.60 Å². The largest absolute Gasteiger partial charge is 0.443 e. The van der Waals surface area contributed by atoms with Crippen LogP contribution in [0, 0.1) is 0 Å². The van der Waals surface area contributed by atoms with Crippen molar-refractivity contribution in [2.24, 2.45) is 0 Å². The van der Waals surface area contributed by atoms with Crippen LogP contribution in [-0.4, -0.2) is 93.5 Å². The molecule has 0 spiro atoms. The number of fused-ring (bicyclic) bond motifs is 3. The number of nitrogens with zero attached hydrogens (tertiary/aromatic N) is 3. The molecule has 3 aliphatic heterocycles. The number of H-pyrrole nitrogens is 1. The maximum absolute atomic E-state index is 13.7. The van der Waals surface area contributed by atoms with Crippen LogP contribution in [0.5, 0.6) is 0 Å². The number of anilines is 3. The molecular formula is C27H42N5O12P. The summed E-state index contributed by atoms with van der Waals surface area (Å²) in [6, 6.07) is -1.20. The van der Waals surface area contributed by atoms with Gasteiger partial charge in [0, 0.05) is 6.16 Å². The summed E-state index contributed by atoms with van der Waals surface area (Å²) in [5, 5.41) is 14.2. The Balaban J connectivity index is 1.85. The van der Waals surface area contributed by atoms with Gasteiger partial charge in [0.15, 0.2) is 12.0 Å². The lowest BCUT2D eigenvalue weighted by Gasteiger charge is -2.52. The minimum Gasteiger partial charge on any atom is -0.443 e. The Morgan fingerprint density at radius 1 is 1.02 bits per heavy atom. The van der Waals surface area contributed by atoms with E-state index >= 15 is 0 Å². The van der Waals surface area contributed by atoms with E-state index in [9.17, 15) is 28.8 Å². The Bertz CT molecular complexity index is 1420. The van der Waals surface area contributed by atoms with E-state index in [2.05, 4.69) is 15.3 Å². The van der Waals surface area contributed by atoms with E-state index in [-0.39, 0.29) is 24.3 Å². The molecular weight excluding hydrogens is 617 g/mol. The number of carbonyl (C=O) groups is 3. The normalized spacial score (nSPS) is 28.1. The highest BCUT2D eigenvalue weighted by Crippen LogP contribution is 2.54. The van der Waals surface area contributed by atoms with E-state index in [4.69, 9.17) is 28.0 Å². The molecule has 2 fully saturated rings. The van der Waals surface area contributed by atoms with Gasteiger partial charge in [-0.15, -0.1) is 4.90 Å². The van der Waals surface area contributed by atoms with Crippen molar-refractivity contribution in [1.29, 1.82) is 0 Å². The number of imide groups is 1. The molecule has 0 aromatic carbocycles. The molecule has 0 aliphatic carbocycles. The van der Waals surface area contributed by atoms with Crippen molar-refractivity contribution in [3.63, 3.8) is 0 Å². The van der Waals surface area contributed by atoms with Gasteiger partial charge in [-0.2, -0.15) is 4.98 Å². The van der Waals surface area contributed by atoms with Crippen LogP contribution in [0.25, 0.3) is 0 Å². The number of hydrogen-bond acceptors (Lipinski definition) is 14. The fraction of sp³-hybridized carbons (Fsp3) is 0.741. The first-order valence-corrected chi connectivity index (χ1v) is 16.2. The van der Waals surface area contributed by atoms with Crippen molar-refractivity contribution in [3.05, 3.63) is 10.4 Å². The fourth-order valence-electron chi connectivity index (χ4n) is 4.66. The van der Waals surface area contributed by atoms with Crippen molar-refractivity contribution in [1.82, 2.24) is 9.97 Å². The van der Waals surface area contributed by atoms with Gasteiger partial charge in [0.2, 0.25) is 5.95 Å². The molecule has 17 nitrogen and oxygen atoms in total. The van der Waals surface area contributed by atoms with Crippen molar-refractivity contribution in [2.45, 2.75) is 117 Å². The van der Waals surface area contributed by atoms with Gasteiger partial charge in [0.05, 0.1) is 6.61 Å². The van der Waals surface area contributed by atoms with Crippen LogP contribution in [0.3, 0.4) is 0 Å². The third kappa shape index (κ3) is 7.60. The second-order valence-electron chi connectivity index (χ2n) is 13.8. The Morgan fingerprint density at radius 2 is 1.58 bits per heavy atom. The number of aliphatic hydroxyl groups excluding tert-OH is 1. The summed E-state index contributed by atoms with van der Waals surface area (Å²) in [5.74, 6) is -1.01. The highest BCUT2D eigenvalue weighted by atomic mass is 31.2. The van der Waals surface area contributed by atoms with Crippen LogP contribution in [0.15, 0.2) is 4.79 Å². The number of aliphatic hydroxyl groups is 1. The Labute approximate surface area is 260 Å². The second kappa shape index (κ2) is 11.8. The van der Waals surface area contributed by atoms with E-state index in [1.54, 1.807) is 69.2 Å². The first kappa shape index (κ1) is 34.6. The zero-order chi connectivity index (χ0) is 33.9. The third-order valence-corrected chi connectivity index (χ3v) is 8.31. The monoisotopic (exact) mass is 659 g/mol. The maximum atomic E-state index is 13.7. The van der Waals surface area contributed by atoms with E-state index in [1.165, 1.54) is 0 Å². The van der Waals surface area contributed by atoms with Gasteiger partial charge < -0.3 is 33.9 Å². The molecule has 0 saturated carbocycles. The average molecular weight is 660 g/mol. The van der Waals surface area contributed by atoms with Crippen LogP contribution in [0.1, 0.15) is 69.2 Å². The Kier molecular flexibility index (Phi) is 9.11. The molecule has 2 saturated heterocycles. The second-order valence-corrected chi connectivity index (χ2v) is 16.1. The van der Waals surface area contributed by atoms with Gasteiger partial charge in [-0.3, -0.25) is 18.9 Å². The van der Waals surface area contributed by atoms with Gasteiger partial charge in [0.1, 0.15) is 46.8 Å². The molecule has 3 N–H and O–H groups in total. The minimum atomic E-state index is -3.52. The summed E-state index contributed by atoms with van der Waals surface area (Å²) >= 11 is 0. The number of amides is 3. The minimum absolute atomic E-state index is 0.0511. The van der Waals surface area contributed by atoms with Crippen LogP contribution in [-0.2, 0) is 32.6 Å². The predicted octanol–water partition coefficient (Wildman–Crippen LogP) is 3.70. The molecule has 3 aliphatic rings. The molecule has 1 aromatic heterocycles. The molecule has 0 bridgehead atoms. The number of rotatable bonds is 2. The number of carbonyl (C=O) groups excluding carboxylic acids is 3. The van der Waals surface area contributed by atoms with E-state index in [0.29, 0.717) is 4.90 Å². The lowest BCUT2D eigenvalue weighted by molar-refractivity contribution is -0.191. The molecule has 18 heteroatoms. The number of ether oxygens (including phenoxy) is 4. The van der Waals surface area contributed by atoms with Crippen molar-refractivity contribution in [3.8, 4) is 0 Å². The van der Waals surface area contributed by atoms with Gasteiger partial charge in [0.25, 0.3) is 5.56 Å². The van der Waals surface area contributed by atoms with Crippen LogP contribution < -0.4 is 20.7 Å². The van der Waals surface area contributed by atoms with E-state index < -0.39 is 84.8 Å². The van der Waals surface area contributed by atoms with Crippen molar-refractivity contribution in [2.75, 3.05) is 27.9 Å². The van der Waals surface area contributed by atoms with Crippen LogP contribution in [0.4, 0.5) is 31.8 Å². The summed E-state index contributed by atoms with van der Waals surface area (Å²) in [6.45, 7) is 15.7. The van der Waals surface area contributed by atoms with Gasteiger partial charge >= 0.3 is 25.9 Å². The molecule has 6 unspecified atom stereocenters. The SMILES string of the molecule is CCP1(=O)OCC2OC3C(Nc4c(nc(N(C(=O)OC(C)(C)C)C(=O)OC(C)(C)C)[nH]c4=O)N3C(=O)OC(C)(C)C)C(O)C2O1. The van der Waals surface area contributed by atoms with Crippen molar-refractivity contribution < 1.29 is 52.1 Å². The van der Waals surface area contributed by atoms with Crippen molar-refractivity contribution >= 4 is 43.3 Å². The Hall–Kier alpha value is -3.24. The first-order valence-electron chi connectivity index (χ1n) is 14.5. The lowest BCUT2D eigenvalue weighted by Crippen LogP contribution is -2.70. The number of nitrogens with one attached hydrogen (secondary N) is 2. The average Bonchev–Trinajstić information content (AvgIpc) is 2.85.